The van der Waals surface area contributed by atoms with Gasteiger partial charge in [-0.3, -0.25) is 14.9 Å². The quantitative estimate of drug-likeness (QED) is 0.369. The molecule has 1 aromatic carbocycles. The fourth-order valence-corrected chi connectivity index (χ4v) is 1.62. The Morgan fingerprint density at radius 1 is 1.62 bits per heavy atom. The Labute approximate surface area is 100.0 Å². The lowest BCUT2D eigenvalue weighted by atomic mass is 9.98. The van der Waals surface area contributed by atoms with Crippen LogP contribution in [0.3, 0.4) is 0 Å². The van der Waals surface area contributed by atoms with Crippen molar-refractivity contribution >= 4 is 27.4 Å². The van der Waals surface area contributed by atoms with Crippen LogP contribution in [-0.4, -0.2) is 16.0 Å². The maximum atomic E-state index is 11.6. The van der Waals surface area contributed by atoms with Crippen molar-refractivity contribution in [3.8, 4) is 6.07 Å². The first-order valence-electron chi connectivity index (χ1n) is 4.30. The average molecular weight is 283 g/mol. The molecule has 0 fully saturated rings. The van der Waals surface area contributed by atoms with Gasteiger partial charge in [0, 0.05) is 6.07 Å². The van der Waals surface area contributed by atoms with Crippen molar-refractivity contribution in [1.82, 2.24) is 0 Å². The van der Waals surface area contributed by atoms with Crippen LogP contribution >= 0.6 is 15.9 Å². The third-order valence-corrected chi connectivity index (χ3v) is 2.61. The summed E-state index contributed by atoms with van der Waals surface area (Å²) in [4.78, 5) is 21.7. The van der Waals surface area contributed by atoms with Crippen LogP contribution in [0.15, 0.2) is 12.1 Å². The number of benzene rings is 1. The topological polar surface area (TPSA) is 84.0 Å². The van der Waals surface area contributed by atoms with E-state index in [0.29, 0.717) is 5.56 Å². The molecule has 0 aliphatic heterocycles. The summed E-state index contributed by atoms with van der Waals surface area (Å²) >= 11 is 2.94. The maximum Gasteiger partial charge on any atom is 0.281 e. The monoisotopic (exact) mass is 282 g/mol. The summed E-state index contributed by atoms with van der Waals surface area (Å²) in [5, 5.41) is 19.6. The normalized spacial score (nSPS) is 9.56. The van der Waals surface area contributed by atoms with Crippen LogP contribution in [0.25, 0.3) is 0 Å². The molecule has 82 valence electrons. The van der Waals surface area contributed by atoms with Crippen LogP contribution in [0, 0.1) is 28.4 Å². The molecule has 1 aromatic rings. The molecule has 0 aromatic heterocycles. The predicted molar refractivity (Wildman–Crippen MR) is 60.7 cm³/mol. The van der Waals surface area contributed by atoms with Gasteiger partial charge in [-0.05, 0) is 12.5 Å². The molecule has 0 saturated heterocycles. The first-order chi connectivity index (χ1) is 7.52. The fraction of sp³-hybridized carbons (Fsp3) is 0.200. The molecule has 1 rings (SSSR count). The summed E-state index contributed by atoms with van der Waals surface area (Å²) in [6.07, 6.45) is 0. The van der Waals surface area contributed by atoms with E-state index in [0.717, 1.165) is 0 Å². The van der Waals surface area contributed by atoms with Crippen molar-refractivity contribution in [3.63, 3.8) is 0 Å². The Morgan fingerprint density at radius 2 is 2.25 bits per heavy atom. The third kappa shape index (κ3) is 2.09. The van der Waals surface area contributed by atoms with E-state index in [1.807, 2.05) is 6.07 Å². The number of nitriles is 1. The minimum atomic E-state index is -0.657. The van der Waals surface area contributed by atoms with Gasteiger partial charge < -0.3 is 0 Å². The van der Waals surface area contributed by atoms with Crippen molar-refractivity contribution in [3.05, 3.63) is 38.9 Å². The second-order valence-corrected chi connectivity index (χ2v) is 3.64. The number of ketones is 1. The Kier molecular flexibility index (Phi) is 3.74. The summed E-state index contributed by atoms with van der Waals surface area (Å²) in [6, 6.07) is 4.53. The lowest BCUT2D eigenvalue weighted by Gasteiger charge is -2.04. The average Bonchev–Trinajstić information content (AvgIpc) is 2.27. The van der Waals surface area contributed by atoms with Crippen molar-refractivity contribution in [2.45, 2.75) is 6.92 Å². The highest BCUT2D eigenvalue weighted by Gasteiger charge is 2.24. The van der Waals surface area contributed by atoms with Gasteiger partial charge in [-0.1, -0.05) is 22.0 Å². The standard InChI is InChI=1S/C10H7BrN2O3/c1-6-2-3-8(13(15)16)10(7(6)5-12)9(14)4-11/h2-3H,4H2,1H3. The largest absolute Gasteiger partial charge is 0.293 e. The number of hydrogen-bond acceptors (Lipinski definition) is 4. The Hall–Kier alpha value is -1.74. The van der Waals surface area contributed by atoms with E-state index in [1.54, 1.807) is 6.92 Å². The Bertz CT molecular complexity index is 506. The van der Waals surface area contributed by atoms with Crippen molar-refractivity contribution < 1.29 is 9.72 Å². The minimum Gasteiger partial charge on any atom is -0.293 e. The van der Waals surface area contributed by atoms with Crippen LogP contribution in [0.1, 0.15) is 21.5 Å². The number of nitro groups is 1. The van der Waals surface area contributed by atoms with Gasteiger partial charge in [0.2, 0.25) is 0 Å². The van der Waals surface area contributed by atoms with Gasteiger partial charge in [0.1, 0.15) is 11.6 Å². The molecule has 0 N–H and O–H groups in total. The summed E-state index contributed by atoms with van der Waals surface area (Å²) in [6.45, 7) is 1.63. The van der Waals surface area contributed by atoms with E-state index in [-0.39, 0.29) is 22.1 Å². The molecule has 0 spiro atoms. The zero-order valence-corrected chi connectivity index (χ0v) is 9.94. The van der Waals surface area contributed by atoms with Crippen LogP contribution in [0.5, 0.6) is 0 Å². The second-order valence-electron chi connectivity index (χ2n) is 3.08. The molecule has 0 unspecified atom stereocenters. The van der Waals surface area contributed by atoms with Gasteiger partial charge >= 0.3 is 0 Å². The number of nitro benzene ring substituents is 1. The van der Waals surface area contributed by atoms with E-state index in [2.05, 4.69) is 15.9 Å². The van der Waals surface area contributed by atoms with Gasteiger partial charge in [0.25, 0.3) is 5.69 Å². The first kappa shape index (κ1) is 12.3. The van der Waals surface area contributed by atoms with Gasteiger partial charge in [-0.15, -0.1) is 0 Å². The predicted octanol–water partition coefficient (Wildman–Crippen LogP) is 2.35. The Balaban J connectivity index is 3.62. The zero-order valence-electron chi connectivity index (χ0n) is 8.36. The number of halogens is 1. The highest BCUT2D eigenvalue weighted by atomic mass is 79.9. The molecule has 0 atom stereocenters. The van der Waals surface area contributed by atoms with E-state index >= 15 is 0 Å². The molecule has 0 radical (unpaired) electrons. The van der Waals surface area contributed by atoms with Gasteiger partial charge in [0.05, 0.1) is 15.8 Å². The molecular weight excluding hydrogens is 276 g/mol. The molecular formula is C10H7BrN2O3. The number of rotatable bonds is 3. The molecule has 0 amide bonds. The van der Waals surface area contributed by atoms with E-state index < -0.39 is 10.7 Å². The smallest absolute Gasteiger partial charge is 0.281 e. The summed E-state index contributed by atoms with van der Waals surface area (Å²) in [7, 11) is 0. The van der Waals surface area contributed by atoms with Crippen molar-refractivity contribution in [2.75, 3.05) is 5.33 Å². The fourth-order valence-electron chi connectivity index (χ4n) is 1.34. The van der Waals surface area contributed by atoms with Crippen LogP contribution < -0.4 is 0 Å². The summed E-state index contributed by atoms with van der Waals surface area (Å²) in [5.41, 5.74) is 0.173. The SMILES string of the molecule is Cc1ccc([N+](=O)[O-])c(C(=O)CBr)c1C#N. The lowest BCUT2D eigenvalue weighted by molar-refractivity contribution is -0.385. The molecule has 5 nitrogen and oxygen atoms in total. The highest BCUT2D eigenvalue weighted by molar-refractivity contribution is 9.09. The maximum absolute atomic E-state index is 11.6. The van der Waals surface area contributed by atoms with Gasteiger partial charge in [0.15, 0.2) is 5.78 Å². The zero-order chi connectivity index (χ0) is 12.3. The molecule has 0 heterocycles. The lowest BCUT2D eigenvalue weighted by Crippen LogP contribution is -2.08. The number of hydrogen-bond donors (Lipinski definition) is 0. The Morgan fingerprint density at radius 3 is 2.69 bits per heavy atom. The molecule has 0 saturated carbocycles. The minimum absolute atomic E-state index is 0.0496. The van der Waals surface area contributed by atoms with Crippen molar-refractivity contribution in [1.29, 1.82) is 5.26 Å². The molecule has 0 aliphatic carbocycles. The molecule has 16 heavy (non-hydrogen) atoms. The number of carbonyl (C=O) groups excluding carboxylic acids is 1. The third-order valence-electron chi connectivity index (χ3n) is 2.10. The summed E-state index contributed by atoms with van der Waals surface area (Å²) < 4.78 is 0. The first-order valence-corrected chi connectivity index (χ1v) is 5.42. The highest BCUT2D eigenvalue weighted by Crippen LogP contribution is 2.25. The van der Waals surface area contributed by atoms with E-state index in [1.165, 1.54) is 12.1 Å². The second kappa shape index (κ2) is 4.86. The van der Waals surface area contributed by atoms with Gasteiger partial charge in [-0.25, -0.2) is 0 Å². The number of alkyl halides is 1. The van der Waals surface area contributed by atoms with Crippen LogP contribution in [-0.2, 0) is 0 Å². The molecule has 6 heteroatoms. The van der Waals surface area contributed by atoms with Crippen LogP contribution in [0.4, 0.5) is 5.69 Å². The summed E-state index contributed by atoms with van der Waals surface area (Å²) in [5.74, 6) is -0.466. The number of carbonyl (C=O) groups is 1. The van der Waals surface area contributed by atoms with Crippen LogP contribution in [0.2, 0.25) is 0 Å². The van der Waals surface area contributed by atoms with E-state index in [9.17, 15) is 14.9 Å². The number of Topliss-reactive ketones (excluding diaryl/α,β-unsaturated/α-hetero) is 1. The van der Waals surface area contributed by atoms with E-state index in [4.69, 9.17) is 5.26 Å². The molecule has 0 aliphatic rings. The molecule has 0 bridgehead atoms. The number of aryl methyl sites for hydroxylation is 1. The van der Waals surface area contributed by atoms with Gasteiger partial charge in [-0.2, -0.15) is 5.26 Å². The number of nitrogens with zero attached hydrogens (tertiary/aromatic N) is 2. The van der Waals surface area contributed by atoms with Crippen molar-refractivity contribution in [2.24, 2.45) is 0 Å².